The number of fused-ring (bicyclic) bond motifs is 1. The van der Waals surface area contributed by atoms with E-state index in [2.05, 4.69) is 29.2 Å². The van der Waals surface area contributed by atoms with Crippen LogP contribution >= 0.6 is 0 Å². The van der Waals surface area contributed by atoms with Gasteiger partial charge in [-0.3, -0.25) is 4.79 Å². The SMILES string of the molecule is O=C(CC1CCc2ccccc21)N1CCCC1C1CCCC1. The van der Waals surface area contributed by atoms with Crippen molar-refractivity contribution in [2.75, 3.05) is 6.54 Å². The first-order valence-electron chi connectivity index (χ1n) is 9.20. The quantitative estimate of drug-likeness (QED) is 0.815. The summed E-state index contributed by atoms with van der Waals surface area (Å²) >= 11 is 0. The van der Waals surface area contributed by atoms with Gasteiger partial charge in [-0.2, -0.15) is 0 Å². The Morgan fingerprint density at radius 3 is 2.73 bits per heavy atom. The van der Waals surface area contributed by atoms with Crippen molar-refractivity contribution in [1.82, 2.24) is 4.90 Å². The van der Waals surface area contributed by atoms with E-state index in [4.69, 9.17) is 0 Å². The van der Waals surface area contributed by atoms with Crippen molar-refractivity contribution in [3.05, 3.63) is 35.4 Å². The van der Waals surface area contributed by atoms with E-state index in [9.17, 15) is 4.79 Å². The van der Waals surface area contributed by atoms with Gasteiger partial charge in [-0.05, 0) is 61.5 Å². The van der Waals surface area contributed by atoms with Gasteiger partial charge in [0.15, 0.2) is 0 Å². The van der Waals surface area contributed by atoms with Gasteiger partial charge in [0.25, 0.3) is 0 Å². The molecule has 1 aliphatic heterocycles. The van der Waals surface area contributed by atoms with Gasteiger partial charge in [0.05, 0.1) is 0 Å². The minimum absolute atomic E-state index is 0.427. The number of benzene rings is 1. The molecule has 2 heteroatoms. The zero-order valence-corrected chi connectivity index (χ0v) is 13.5. The van der Waals surface area contributed by atoms with E-state index in [1.807, 2.05) is 0 Å². The highest BCUT2D eigenvalue weighted by Crippen LogP contribution is 2.39. The van der Waals surface area contributed by atoms with Crippen LogP contribution in [0.5, 0.6) is 0 Å². The molecular formula is C20H27NO. The topological polar surface area (TPSA) is 20.3 Å². The van der Waals surface area contributed by atoms with Gasteiger partial charge in [0, 0.05) is 19.0 Å². The predicted molar refractivity (Wildman–Crippen MR) is 88.8 cm³/mol. The number of rotatable bonds is 3. The molecule has 1 aromatic carbocycles. The maximum absolute atomic E-state index is 12.9. The Morgan fingerprint density at radius 2 is 1.86 bits per heavy atom. The standard InChI is InChI=1S/C20H27NO/c22-20(14-17-12-11-15-6-3-4-9-18(15)17)21-13-5-10-19(21)16-7-1-2-8-16/h3-4,6,9,16-17,19H,1-2,5,7-8,10-14H2. The zero-order chi connectivity index (χ0) is 14.9. The van der Waals surface area contributed by atoms with Crippen molar-refractivity contribution in [2.45, 2.75) is 69.7 Å². The fourth-order valence-electron chi connectivity index (χ4n) is 5.12. The third kappa shape index (κ3) is 2.57. The summed E-state index contributed by atoms with van der Waals surface area (Å²) in [6.07, 6.45) is 11.0. The smallest absolute Gasteiger partial charge is 0.223 e. The number of aryl methyl sites for hydroxylation is 1. The second kappa shape index (κ2) is 6.06. The lowest BCUT2D eigenvalue weighted by Crippen LogP contribution is -2.39. The molecule has 0 aromatic heterocycles. The number of carbonyl (C=O) groups is 1. The van der Waals surface area contributed by atoms with Crippen LogP contribution < -0.4 is 0 Å². The highest BCUT2D eigenvalue weighted by molar-refractivity contribution is 5.78. The summed E-state index contributed by atoms with van der Waals surface area (Å²) in [5.74, 6) is 1.69. The van der Waals surface area contributed by atoms with Crippen LogP contribution in [0.25, 0.3) is 0 Å². The predicted octanol–water partition coefficient (Wildman–Crippen LogP) is 4.29. The van der Waals surface area contributed by atoms with Gasteiger partial charge in [-0.15, -0.1) is 0 Å². The molecule has 2 atom stereocenters. The molecule has 1 aromatic rings. The molecule has 2 nitrogen and oxygen atoms in total. The first-order valence-corrected chi connectivity index (χ1v) is 9.20. The van der Waals surface area contributed by atoms with Crippen LogP contribution in [0.15, 0.2) is 24.3 Å². The van der Waals surface area contributed by atoms with Crippen molar-refractivity contribution in [2.24, 2.45) is 5.92 Å². The first-order chi connectivity index (χ1) is 10.8. The monoisotopic (exact) mass is 297 g/mol. The van der Waals surface area contributed by atoms with Gasteiger partial charge in [0.2, 0.25) is 5.91 Å². The van der Waals surface area contributed by atoms with Gasteiger partial charge >= 0.3 is 0 Å². The maximum atomic E-state index is 12.9. The lowest BCUT2D eigenvalue weighted by atomic mass is 9.94. The van der Waals surface area contributed by atoms with E-state index in [0.29, 0.717) is 17.9 Å². The minimum atomic E-state index is 0.427. The molecule has 0 spiro atoms. The highest BCUT2D eigenvalue weighted by atomic mass is 16.2. The average Bonchev–Trinajstić information content (AvgIpc) is 3.27. The van der Waals surface area contributed by atoms with Crippen molar-refractivity contribution < 1.29 is 4.79 Å². The normalized spacial score (nSPS) is 28.3. The number of nitrogens with zero attached hydrogens (tertiary/aromatic N) is 1. The molecule has 3 aliphatic rings. The molecule has 4 rings (SSSR count). The number of amides is 1. The Kier molecular flexibility index (Phi) is 3.94. The molecule has 1 saturated heterocycles. The van der Waals surface area contributed by atoms with Crippen LogP contribution in [0.4, 0.5) is 0 Å². The first kappa shape index (κ1) is 14.3. The summed E-state index contributed by atoms with van der Waals surface area (Å²) in [4.78, 5) is 15.2. The van der Waals surface area contributed by atoms with Crippen molar-refractivity contribution in [3.8, 4) is 0 Å². The van der Waals surface area contributed by atoms with Gasteiger partial charge in [-0.25, -0.2) is 0 Å². The maximum Gasteiger partial charge on any atom is 0.223 e. The third-order valence-electron chi connectivity index (χ3n) is 6.24. The lowest BCUT2D eigenvalue weighted by molar-refractivity contribution is -0.133. The lowest BCUT2D eigenvalue weighted by Gasteiger charge is -2.30. The van der Waals surface area contributed by atoms with E-state index in [-0.39, 0.29) is 0 Å². The van der Waals surface area contributed by atoms with Crippen molar-refractivity contribution in [3.63, 3.8) is 0 Å². The summed E-state index contributed by atoms with van der Waals surface area (Å²) in [7, 11) is 0. The van der Waals surface area contributed by atoms with Crippen molar-refractivity contribution >= 4 is 5.91 Å². The summed E-state index contributed by atoms with van der Waals surface area (Å²) in [6.45, 7) is 1.01. The van der Waals surface area contributed by atoms with E-state index in [0.717, 1.165) is 31.7 Å². The Bertz CT molecular complexity index is 546. The van der Waals surface area contributed by atoms with E-state index in [1.165, 1.54) is 49.7 Å². The molecule has 0 N–H and O–H groups in total. The molecule has 2 fully saturated rings. The summed E-state index contributed by atoms with van der Waals surface area (Å²) < 4.78 is 0. The molecule has 1 saturated carbocycles. The van der Waals surface area contributed by atoms with Gasteiger partial charge < -0.3 is 4.90 Å². The molecule has 118 valence electrons. The van der Waals surface area contributed by atoms with Gasteiger partial charge in [0.1, 0.15) is 0 Å². The molecule has 22 heavy (non-hydrogen) atoms. The second-order valence-corrected chi connectivity index (χ2v) is 7.48. The molecule has 2 unspecified atom stereocenters. The number of carbonyl (C=O) groups excluding carboxylic acids is 1. The Balaban J connectivity index is 1.44. The third-order valence-corrected chi connectivity index (χ3v) is 6.24. The highest BCUT2D eigenvalue weighted by Gasteiger charge is 2.37. The molecule has 2 aliphatic carbocycles. The Labute approximate surface area is 133 Å². The fourth-order valence-corrected chi connectivity index (χ4v) is 5.12. The molecule has 1 heterocycles. The van der Waals surface area contributed by atoms with E-state index >= 15 is 0 Å². The number of hydrogen-bond acceptors (Lipinski definition) is 1. The van der Waals surface area contributed by atoms with E-state index in [1.54, 1.807) is 0 Å². The van der Waals surface area contributed by atoms with Crippen LogP contribution in [0.3, 0.4) is 0 Å². The molecule has 1 amide bonds. The Morgan fingerprint density at radius 1 is 1.05 bits per heavy atom. The zero-order valence-electron chi connectivity index (χ0n) is 13.5. The van der Waals surface area contributed by atoms with E-state index < -0.39 is 0 Å². The summed E-state index contributed by atoms with van der Waals surface area (Å²) in [5, 5.41) is 0. The Hall–Kier alpha value is -1.31. The average molecular weight is 297 g/mol. The van der Waals surface area contributed by atoms with Crippen molar-refractivity contribution in [1.29, 1.82) is 0 Å². The number of hydrogen-bond donors (Lipinski definition) is 0. The summed E-state index contributed by atoms with van der Waals surface area (Å²) in [6, 6.07) is 9.28. The molecule has 0 radical (unpaired) electrons. The van der Waals surface area contributed by atoms with Gasteiger partial charge in [-0.1, -0.05) is 37.1 Å². The molecular weight excluding hydrogens is 270 g/mol. The van der Waals surface area contributed by atoms with Crippen LogP contribution in [0.2, 0.25) is 0 Å². The second-order valence-electron chi connectivity index (χ2n) is 7.48. The van der Waals surface area contributed by atoms with Crippen LogP contribution in [-0.2, 0) is 11.2 Å². The van der Waals surface area contributed by atoms with Crippen LogP contribution in [-0.4, -0.2) is 23.4 Å². The fraction of sp³-hybridized carbons (Fsp3) is 0.650. The molecule has 0 bridgehead atoms. The number of likely N-dealkylation sites (tertiary alicyclic amines) is 1. The van der Waals surface area contributed by atoms with Crippen LogP contribution in [0.1, 0.15) is 68.4 Å². The minimum Gasteiger partial charge on any atom is -0.339 e. The summed E-state index contributed by atoms with van der Waals surface area (Å²) in [5.41, 5.74) is 2.90. The van der Waals surface area contributed by atoms with Crippen LogP contribution in [0, 0.1) is 5.92 Å². The largest absolute Gasteiger partial charge is 0.339 e.